The summed E-state index contributed by atoms with van der Waals surface area (Å²) < 4.78 is 25.0. The predicted octanol–water partition coefficient (Wildman–Crippen LogP) is 2.61. The van der Waals surface area contributed by atoms with Gasteiger partial charge in [-0.15, -0.1) is 12.1 Å². The Morgan fingerprint density at radius 2 is 2.00 bits per heavy atom. The Kier molecular flexibility index (Phi) is 8.39. The van der Waals surface area contributed by atoms with Gasteiger partial charge < -0.3 is 15.3 Å². The van der Waals surface area contributed by atoms with E-state index in [1.165, 1.54) is 57.4 Å². The first-order chi connectivity index (χ1) is 12.2. The van der Waals surface area contributed by atoms with Crippen LogP contribution in [0, 0.1) is 6.07 Å². The van der Waals surface area contributed by atoms with Crippen molar-refractivity contribution < 1.29 is 55.9 Å². The van der Waals surface area contributed by atoms with E-state index in [0.717, 1.165) is 0 Å². The molecule has 0 atom stereocenters. The third-order valence-corrected chi connectivity index (χ3v) is 5.35. The minimum atomic E-state index is -3.73. The fourth-order valence-corrected chi connectivity index (χ4v) is 3.14. The molecule has 2 aromatic rings. The van der Waals surface area contributed by atoms with Gasteiger partial charge in [-0.2, -0.15) is 6.07 Å². The maximum atomic E-state index is 12.5. The van der Waals surface area contributed by atoms with Gasteiger partial charge in [-0.05, 0) is 37.4 Å². The topological polar surface area (TPSA) is 118 Å². The molecule has 0 aliphatic carbocycles. The molecular weight excluding hydrogens is 447 g/mol. The molecule has 0 bridgehead atoms. The van der Waals surface area contributed by atoms with Crippen LogP contribution in [0.4, 0.5) is 11.4 Å². The number of carbonyl (C=O) groups excluding carboxylic acids is 1. The van der Waals surface area contributed by atoms with E-state index in [2.05, 4.69) is 21.8 Å². The summed E-state index contributed by atoms with van der Waals surface area (Å²) in [6.45, 7) is 4.22. The van der Waals surface area contributed by atoms with Crippen molar-refractivity contribution in [3.63, 3.8) is 0 Å². The number of nitrogens with one attached hydrogen (secondary N) is 2. The van der Waals surface area contributed by atoms with Gasteiger partial charge in [0.1, 0.15) is 5.76 Å². The van der Waals surface area contributed by atoms with E-state index in [0.29, 0.717) is 0 Å². The summed E-state index contributed by atoms with van der Waals surface area (Å²) in [5, 5.41) is 12.3. The van der Waals surface area contributed by atoms with E-state index in [9.17, 15) is 18.3 Å². The summed E-state index contributed by atoms with van der Waals surface area (Å²) in [4.78, 5) is 20.2. The first-order valence-electron chi connectivity index (χ1n) is 7.49. The molecule has 1 heterocycles. The van der Waals surface area contributed by atoms with Crippen LogP contribution in [0.3, 0.4) is 0 Å². The molecule has 0 fully saturated rings. The van der Waals surface area contributed by atoms with Crippen molar-refractivity contribution >= 4 is 27.1 Å². The van der Waals surface area contributed by atoms with Crippen molar-refractivity contribution in [3.8, 4) is 5.75 Å². The van der Waals surface area contributed by atoms with Crippen LogP contribution in [0.1, 0.15) is 20.8 Å². The van der Waals surface area contributed by atoms with Crippen LogP contribution in [-0.2, 0) is 52.2 Å². The van der Waals surface area contributed by atoms with Crippen LogP contribution in [0.2, 0.25) is 0 Å². The van der Waals surface area contributed by atoms with Crippen molar-refractivity contribution in [1.29, 1.82) is 0 Å². The van der Waals surface area contributed by atoms with Crippen LogP contribution in [0.5, 0.6) is 5.75 Å². The number of phenolic OH excluding ortho intramolecular Hbond substituents is 1. The number of hydrogen-bond donors (Lipinski definition) is 3. The number of sulfone groups is 1. The summed E-state index contributed by atoms with van der Waals surface area (Å²) in [7, 11) is -3.73. The van der Waals surface area contributed by atoms with Crippen molar-refractivity contribution in [1.82, 2.24) is 4.98 Å². The van der Waals surface area contributed by atoms with Crippen LogP contribution in [-0.4, -0.2) is 24.4 Å². The molecule has 1 aromatic carbocycles. The van der Waals surface area contributed by atoms with Crippen LogP contribution >= 0.6 is 0 Å². The van der Waals surface area contributed by atoms with Gasteiger partial charge in [0, 0.05) is 57.8 Å². The van der Waals surface area contributed by atoms with Crippen molar-refractivity contribution in [2.24, 2.45) is 0 Å². The number of benzene rings is 1. The third-order valence-electron chi connectivity index (χ3n) is 3.40. The molecule has 0 spiro atoms. The number of amides is 1. The molecule has 1 amide bonds. The van der Waals surface area contributed by atoms with Crippen LogP contribution in [0.25, 0.3) is 0 Å². The van der Waals surface area contributed by atoms with Crippen molar-refractivity contribution in [2.45, 2.75) is 25.7 Å². The Bertz CT molecular complexity index is 946. The first-order valence-corrected chi connectivity index (χ1v) is 8.98. The molecule has 0 aliphatic rings. The monoisotopic (exact) mass is 465 g/mol. The Morgan fingerprint density at radius 3 is 2.56 bits per heavy atom. The minimum absolute atomic E-state index is 0. The normalized spacial score (nSPS) is 11.7. The molecule has 0 saturated heterocycles. The van der Waals surface area contributed by atoms with Gasteiger partial charge in [0.25, 0.3) is 0 Å². The molecule has 2 rings (SSSR count). The molecule has 0 unspecified atom stereocenters. The Morgan fingerprint density at radius 1 is 1.30 bits per heavy atom. The zero-order chi connectivity index (χ0) is 19.3. The first kappa shape index (κ1) is 23.1. The number of hydrogen-bond acceptors (Lipinski definition) is 7. The van der Waals surface area contributed by atoms with E-state index >= 15 is 0 Å². The molecule has 1 radical (unpaired) electrons. The van der Waals surface area contributed by atoms with Crippen LogP contribution in [0.15, 0.2) is 52.2 Å². The van der Waals surface area contributed by atoms with Gasteiger partial charge >= 0.3 is 0 Å². The van der Waals surface area contributed by atoms with E-state index < -0.39 is 9.84 Å². The van der Waals surface area contributed by atoms with Gasteiger partial charge in [-0.1, -0.05) is 0 Å². The zero-order valence-corrected chi connectivity index (χ0v) is 18.6. The number of nitrogens with zero attached hydrogens (tertiary/aromatic N) is 1. The Labute approximate surface area is 182 Å². The molecule has 1 aromatic heterocycles. The zero-order valence-electron chi connectivity index (χ0n) is 15.0. The van der Waals surface area contributed by atoms with E-state index in [-0.39, 0.29) is 71.3 Å². The molecule has 10 heteroatoms. The van der Waals surface area contributed by atoms with Crippen molar-refractivity contribution in [3.05, 3.63) is 53.4 Å². The number of anilines is 2. The van der Waals surface area contributed by atoms with Gasteiger partial charge in [-0.25, -0.2) is 13.9 Å². The van der Waals surface area contributed by atoms with Gasteiger partial charge in [-0.3, -0.25) is 9.78 Å². The molecule has 0 saturated carbocycles. The average Bonchev–Trinajstić information content (AvgIpc) is 2.61. The van der Waals surface area contributed by atoms with Crippen molar-refractivity contribution in [2.75, 3.05) is 10.8 Å². The number of phenols is 1. The van der Waals surface area contributed by atoms with Crippen LogP contribution < -0.4 is 10.8 Å². The smallest absolute Gasteiger partial charge is 0.210 e. The fraction of sp³-hybridized carbons (Fsp3) is 0.176. The minimum Gasteiger partial charge on any atom is -0.531 e. The number of aromatic nitrogens is 1. The standard InChI is InChI=1S/C17H18N3O5S.Y/c1-11(12(2)26(23,24)15-5-4-8-18-10-15)25-20-14-6-7-16(17(22)9-14)19-13(3)21;/h4-5,7-10,20,22H,1-3H3,(H,19,21);/q-1;/b12-11-;. The average molecular weight is 465 g/mol. The molecular formula is C17H18N3O5SY-. The summed E-state index contributed by atoms with van der Waals surface area (Å²) >= 11 is 0. The maximum absolute atomic E-state index is 12.5. The predicted molar refractivity (Wildman–Crippen MR) is 95.8 cm³/mol. The Hall–Kier alpha value is -1.97. The van der Waals surface area contributed by atoms with Gasteiger partial charge in [0.05, 0.1) is 9.80 Å². The quantitative estimate of drug-likeness (QED) is 0.260. The van der Waals surface area contributed by atoms with E-state index in [4.69, 9.17) is 4.84 Å². The fourth-order valence-electron chi connectivity index (χ4n) is 1.90. The third kappa shape index (κ3) is 6.02. The van der Waals surface area contributed by atoms with E-state index in [1.54, 1.807) is 0 Å². The summed E-state index contributed by atoms with van der Waals surface area (Å²) in [6, 6.07) is 8.37. The van der Waals surface area contributed by atoms with Gasteiger partial charge in [0.15, 0.2) is 0 Å². The van der Waals surface area contributed by atoms with Gasteiger partial charge in [0.2, 0.25) is 15.7 Å². The van der Waals surface area contributed by atoms with E-state index in [1.807, 2.05) is 0 Å². The second-order valence-corrected chi connectivity index (χ2v) is 7.43. The molecule has 8 nitrogen and oxygen atoms in total. The largest absolute Gasteiger partial charge is 0.531 e. The maximum Gasteiger partial charge on any atom is 0.210 e. The molecule has 27 heavy (non-hydrogen) atoms. The summed E-state index contributed by atoms with van der Waals surface area (Å²) in [5.41, 5.74) is 2.96. The summed E-state index contributed by atoms with van der Waals surface area (Å²) in [6.07, 6.45) is 2.74. The number of rotatable bonds is 6. The second kappa shape index (κ2) is 9.82. The number of carbonyl (C=O) groups is 1. The number of allylic oxidation sites excluding steroid dienone is 2. The summed E-state index contributed by atoms with van der Waals surface area (Å²) in [5.74, 6) is -0.403. The second-order valence-electron chi connectivity index (χ2n) is 5.34. The molecule has 3 N–H and O–H groups in total. The number of aromatic hydroxyl groups is 1. The number of pyridine rings is 1. The Balaban J connectivity index is 0.00000364. The SMILES string of the molecule is CC(=O)Nc1c[c-]c(NO/C(C)=C(/C)S(=O)(=O)c2cccnc2)cc1O.[Y]. The molecule has 141 valence electrons. The molecule has 0 aliphatic heterocycles.